The Bertz CT molecular complexity index is 510. The third-order valence-electron chi connectivity index (χ3n) is 3.69. The Balaban J connectivity index is 1.88. The standard InChI is InChI=1S/C14H21N3O3S/c1-4-12-14(19)15-5-6-17(12)13(18)8-21-7-11-9(2)16-20-10(11)3/h12H,4-8H2,1-3H3,(H,15,19). The number of nitrogens with one attached hydrogen (secondary N) is 1. The SMILES string of the molecule is CCC1C(=O)NCCN1C(=O)CSCc1c(C)noc1C. The van der Waals surface area contributed by atoms with Crippen LogP contribution in [-0.2, 0) is 15.3 Å². The molecule has 0 spiro atoms. The molecule has 0 aromatic carbocycles. The Kier molecular flexibility index (Phi) is 5.27. The van der Waals surface area contributed by atoms with Crippen molar-refractivity contribution < 1.29 is 14.1 Å². The lowest BCUT2D eigenvalue weighted by Crippen LogP contribution is -2.57. The normalized spacial score (nSPS) is 18.7. The molecule has 0 bridgehead atoms. The summed E-state index contributed by atoms with van der Waals surface area (Å²) in [6, 6.07) is -0.328. The third-order valence-corrected chi connectivity index (χ3v) is 4.63. The molecule has 1 aliphatic rings. The Morgan fingerprint density at radius 1 is 1.52 bits per heavy atom. The van der Waals surface area contributed by atoms with Gasteiger partial charge < -0.3 is 14.7 Å². The maximum absolute atomic E-state index is 12.3. The van der Waals surface area contributed by atoms with Crippen molar-refractivity contribution in [2.45, 2.75) is 39.0 Å². The van der Waals surface area contributed by atoms with Crippen LogP contribution in [0.25, 0.3) is 0 Å². The molecule has 6 nitrogen and oxygen atoms in total. The molecule has 1 fully saturated rings. The van der Waals surface area contributed by atoms with Gasteiger partial charge in [0.1, 0.15) is 11.8 Å². The molecule has 2 amide bonds. The quantitative estimate of drug-likeness (QED) is 0.886. The molecule has 1 atom stereocenters. The first-order chi connectivity index (χ1) is 10.0. The molecule has 1 unspecified atom stereocenters. The molecule has 1 aliphatic heterocycles. The van der Waals surface area contributed by atoms with E-state index in [1.165, 1.54) is 11.8 Å². The second-order valence-electron chi connectivity index (χ2n) is 5.10. The van der Waals surface area contributed by atoms with Gasteiger partial charge in [0.05, 0.1) is 11.4 Å². The van der Waals surface area contributed by atoms with Crippen molar-refractivity contribution in [3.05, 3.63) is 17.0 Å². The molecule has 2 rings (SSSR count). The van der Waals surface area contributed by atoms with E-state index in [0.717, 1.165) is 17.0 Å². The van der Waals surface area contributed by atoms with Crippen LogP contribution >= 0.6 is 11.8 Å². The number of aromatic nitrogens is 1. The first-order valence-electron chi connectivity index (χ1n) is 7.11. The Labute approximate surface area is 128 Å². The van der Waals surface area contributed by atoms with Crippen LogP contribution in [0.2, 0.25) is 0 Å². The highest BCUT2D eigenvalue weighted by atomic mass is 32.2. The van der Waals surface area contributed by atoms with Crippen molar-refractivity contribution in [1.82, 2.24) is 15.4 Å². The number of hydrogen-bond acceptors (Lipinski definition) is 5. The average Bonchev–Trinajstić information content (AvgIpc) is 2.78. The molecule has 1 N–H and O–H groups in total. The summed E-state index contributed by atoms with van der Waals surface area (Å²) in [6.07, 6.45) is 0.645. The predicted molar refractivity (Wildman–Crippen MR) is 80.9 cm³/mol. The van der Waals surface area contributed by atoms with Crippen LogP contribution in [0.15, 0.2) is 4.52 Å². The second-order valence-corrected chi connectivity index (χ2v) is 6.08. The van der Waals surface area contributed by atoms with Gasteiger partial charge in [-0.2, -0.15) is 0 Å². The third kappa shape index (κ3) is 3.58. The van der Waals surface area contributed by atoms with Crippen molar-refractivity contribution in [2.75, 3.05) is 18.8 Å². The van der Waals surface area contributed by atoms with Crippen LogP contribution < -0.4 is 5.32 Å². The molecule has 0 aliphatic carbocycles. The summed E-state index contributed by atoms with van der Waals surface area (Å²) in [4.78, 5) is 25.7. The van der Waals surface area contributed by atoms with Crippen LogP contribution in [0.4, 0.5) is 0 Å². The number of rotatable bonds is 5. The molecule has 1 aromatic heterocycles. The van der Waals surface area contributed by atoms with Gasteiger partial charge in [-0.1, -0.05) is 12.1 Å². The van der Waals surface area contributed by atoms with Crippen LogP contribution in [0.5, 0.6) is 0 Å². The minimum absolute atomic E-state index is 0.0217. The van der Waals surface area contributed by atoms with Crippen molar-refractivity contribution in [3.8, 4) is 0 Å². The lowest BCUT2D eigenvalue weighted by Gasteiger charge is -2.34. The van der Waals surface area contributed by atoms with Gasteiger partial charge >= 0.3 is 0 Å². The second kappa shape index (κ2) is 6.98. The maximum Gasteiger partial charge on any atom is 0.242 e. The molecule has 1 aromatic rings. The molecule has 1 saturated heterocycles. The summed E-state index contributed by atoms with van der Waals surface area (Å²) in [7, 11) is 0. The topological polar surface area (TPSA) is 75.4 Å². The van der Waals surface area contributed by atoms with Crippen LogP contribution in [0, 0.1) is 13.8 Å². The van der Waals surface area contributed by atoms with Gasteiger partial charge in [0.25, 0.3) is 0 Å². The number of thioether (sulfide) groups is 1. The molecule has 0 radical (unpaired) electrons. The van der Waals surface area contributed by atoms with Gasteiger partial charge in [-0.25, -0.2) is 0 Å². The Morgan fingerprint density at radius 2 is 2.29 bits per heavy atom. The van der Waals surface area contributed by atoms with E-state index in [9.17, 15) is 9.59 Å². The van der Waals surface area contributed by atoms with Crippen LogP contribution in [-0.4, -0.2) is 46.8 Å². The monoisotopic (exact) mass is 311 g/mol. The smallest absolute Gasteiger partial charge is 0.242 e. The zero-order chi connectivity index (χ0) is 15.4. The van der Waals surface area contributed by atoms with E-state index in [-0.39, 0.29) is 17.9 Å². The molecule has 7 heteroatoms. The average molecular weight is 311 g/mol. The minimum Gasteiger partial charge on any atom is -0.361 e. The number of carbonyl (C=O) groups is 2. The minimum atomic E-state index is -0.328. The molecule has 0 saturated carbocycles. The number of aryl methyl sites for hydroxylation is 2. The summed E-state index contributed by atoms with van der Waals surface area (Å²) in [5.41, 5.74) is 1.92. The molecular weight excluding hydrogens is 290 g/mol. The molecular formula is C14H21N3O3S. The van der Waals surface area contributed by atoms with E-state index in [1.54, 1.807) is 4.90 Å². The first-order valence-corrected chi connectivity index (χ1v) is 8.26. The molecule has 21 heavy (non-hydrogen) atoms. The highest BCUT2D eigenvalue weighted by molar-refractivity contribution is 7.99. The molecule has 116 valence electrons. The van der Waals surface area contributed by atoms with Crippen LogP contribution in [0.1, 0.15) is 30.4 Å². The summed E-state index contributed by atoms with van der Waals surface area (Å²) in [5.74, 6) is 1.84. The van der Waals surface area contributed by atoms with Gasteiger partial charge in [-0.05, 0) is 20.3 Å². The Hall–Kier alpha value is -1.50. The lowest BCUT2D eigenvalue weighted by molar-refractivity contribution is -0.141. The van der Waals surface area contributed by atoms with Crippen molar-refractivity contribution in [2.24, 2.45) is 0 Å². The lowest BCUT2D eigenvalue weighted by atomic mass is 10.1. The van der Waals surface area contributed by atoms with Crippen molar-refractivity contribution in [3.63, 3.8) is 0 Å². The fraction of sp³-hybridized carbons (Fsp3) is 0.643. The van der Waals surface area contributed by atoms with E-state index in [0.29, 0.717) is 31.0 Å². The van der Waals surface area contributed by atoms with Crippen molar-refractivity contribution >= 4 is 23.6 Å². The maximum atomic E-state index is 12.3. The fourth-order valence-electron chi connectivity index (χ4n) is 2.45. The number of carbonyl (C=O) groups excluding carboxylic acids is 2. The van der Waals surface area contributed by atoms with E-state index in [4.69, 9.17) is 4.52 Å². The van der Waals surface area contributed by atoms with Gasteiger partial charge in [-0.3, -0.25) is 9.59 Å². The highest BCUT2D eigenvalue weighted by Crippen LogP contribution is 2.20. The summed E-state index contributed by atoms with van der Waals surface area (Å²) >= 11 is 1.53. The van der Waals surface area contributed by atoms with Crippen molar-refractivity contribution in [1.29, 1.82) is 0 Å². The van der Waals surface area contributed by atoms with Gasteiger partial charge in [0, 0.05) is 24.4 Å². The van der Waals surface area contributed by atoms with Gasteiger partial charge in [-0.15, -0.1) is 11.8 Å². The first kappa shape index (κ1) is 15.9. The van der Waals surface area contributed by atoms with Gasteiger partial charge in [0.2, 0.25) is 11.8 Å². The zero-order valence-corrected chi connectivity index (χ0v) is 13.5. The van der Waals surface area contributed by atoms with E-state index < -0.39 is 0 Å². The number of hydrogen-bond donors (Lipinski definition) is 1. The summed E-state index contributed by atoms with van der Waals surface area (Å²) < 4.78 is 5.11. The number of nitrogens with zero attached hydrogens (tertiary/aromatic N) is 2. The van der Waals surface area contributed by atoms with E-state index >= 15 is 0 Å². The summed E-state index contributed by atoms with van der Waals surface area (Å²) in [5, 5.41) is 6.70. The largest absolute Gasteiger partial charge is 0.361 e. The number of amides is 2. The fourth-order valence-corrected chi connectivity index (χ4v) is 3.51. The van der Waals surface area contributed by atoms with E-state index in [2.05, 4.69) is 10.5 Å². The predicted octanol–water partition coefficient (Wildman–Crippen LogP) is 1.26. The Morgan fingerprint density at radius 3 is 2.90 bits per heavy atom. The van der Waals surface area contributed by atoms with E-state index in [1.807, 2.05) is 20.8 Å². The number of piperazine rings is 1. The molecule has 2 heterocycles. The highest BCUT2D eigenvalue weighted by Gasteiger charge is 2.31. The van der Waals surface area contributed by atoms with Crippen LogP contribution in [0.3, 0.4) is 0 Å². The van der Waals surface area contributed by atoms with Gasteiger partial charge in [0.15, 0.2) is 0 Å². The summed E-state index contributed by atoms with van der Waals surface area (Å²) in [6.45, 7) is 6.83. The zero-order valence-electron chi connectivity index (χ0n) is 12.6.